The third-order valence-electron chi connectivity index (χ3n) is 12.3. The summed E-state index contributed by atoms with van der Waals surface area (Å²) in [7, 11) is 0. The molecule has 3 aromatic rings. The Balaban J connectivity index is 1.55. The molecule has 3 aromatic carbocycles. The summed E-state index contributed by atoms with van der Waals surface area (Å²) in [5.74, 6) is -6.20. The molecule has 430 valence electrons. The molecule has 0 bridgehead atoms. The topological polar surface area (TPSA) is 290 Å². The first kappa shape index (κ1) is 61.3. The van der Waals surface area contributed by atoms with E-state index in [1.54, 1.807) is 54.6 Å². The zero-order valence-corrected chi connectivity index (χ0v) is 45.0. The van der Waals surface area contributed by atoms with Crippen LogP contribution in [0.5, 0.6) is 0 Å². The molecule has 6 rings (SSSR count). The molecule has 15 unspecified atom stereocenters. The van der Waals surface area contributed by atoms with E-state index in [2.05, 4.69) is 10.6 Å². The fraction of sp³-hybridized carbons (Fsp3) is 0.527. The molecule has 2 amide bonds. The van der Waals surface area contributed by atoms with Gasteiger partial charge in [0, 0.05) is 55.4 Å². The van der Waals surface area contributed by atoms with Gasteiger partial charge in [-0.1, -0.05) is 91.0 Å². The first-order chi connectivity index (χ1) is 37.8. The van der Waals surface area contributed by atoms with E-state index in [0.29, 0.717) is 11.1 Å². The number of carbonyl (C=O) groups excluding carboxylic acids is 8. The molecule has 3 aliphatic heterocycles. The van der Waals surface area contributed by atoms with Gasteiger partial charge in [0.1, 0.15) is 61.9 Å². The summed E-state index contributed by atoms with van der Waals surface area (Å²) >= 11 is 0. The molecule has 0 spiro atoms. The minimum atomic E-state index is -1.73. The molecule has 3 heterocycles. The van der Waals surface area contributed by atoms with Crippen LogP contribution in [0.4, 0.5) is 0 Å². The highest BCUT2D eigenvalue weighted by Crippen LogP contribution is 2.38. The summed E-state index contributed by atoms with van der Waals surface area (Å²) < 4.78 is 87.6. The molecule has 15 atom stereocenters. The summed E-state index contributed by atoms with van der Waals surface area (Å²) in [6, 6.07) is 24.2. The number of esters is 6. The number of hydrogen-bond donors (Lipinski definition) is 2. The first-order valence-electron chi connectivity index (χ1n) is 25.5. The van der Waals surface area contributed by atoms with Crippen molar-refractivity contribution in [3.05, 3.63) is 108 Å². The predicted octanol–water partition coefficient (Wildman–Crippen LogP) is 2.81. The Labute approximate surface area is 456 Å². The third-order valence-corrected chi connectivity index (χ3v) is 12.3. The van der Waals surface area contributed by atoms with Crippen LogP contribution >= 0.6 is 0 Å². The predicted molar refractivity (Wildman–Crippen MR) is 269 cm³/mol. The van der Waals surface area contributed by atoms with Gasteiger partial charge in [-0.2, -0.15) is 0 Å². The second kappa shape index (κ2) is 29.9. The van der Waals surface area contributed by atoms with E-state index < -0.39 is 153 Å². The number of amides is 2. The van der Waals surface area contributed by atoms with E-state index in [9.17, 15) is 38.4 Å². The average Bonchev–Trinajstić information content (AvgIpc) is 3.55. The molecule has 24 heteroatoms. The normalized spacial score (nSPS) is 28.4. The van der Waals surface area contributed by atoms with E-state index in [0.717, 1.165) is 47.1 Å². The molecule has 24 nitrogen and oxygen atoms in total. The lowest BCUT2D eigenvalue weighted by Crippen LogP contribution is -2.70. The molecule has 3 aliphatic rings. The van der Waals surface area contributed by atoms with Crippen LogP contribution in [-0.4, -0.2) is 159 Å². The van der Waals surface area contributed by atoms with Gasteiger partial charge in [0.25, 0.3) is 0 Å². The number of ether oxygens (including phenoxy) is 14. The minimum absolute atomic E-state index is 0.0645. The smallest absolute Gasteiger partial charge is 0.303 e. The van der Waals surface area contributed by atoms with Gasteiger partial charge in [-0.25, -0.2) is 0 Å². The molecule has 0 radical (unpaired) electrons. The molecule has 3 fully saturated rings. The molecule has 0 aromatic heterocycles. The molecule has 79 heavy (non-hydrogen) atoms. The maximum Gasteiger partial charge on any atom is 0.303 e. The van der Waals surface area contributed by atoms with Crippen LogP contribution in [0.15, 0.2) is 91.0 Å². The standard InChI is InChI=1S/C55H68N2O22/c1-30(58)56-44-49(73-36(7)64)46(71-34(5)62)42(28-67-32(3)60)75-53(44)78-48-41(27-66-24-38-18-12-9-13-19-38)77-55(70-26-40-22-16-11-17-23-40)52(51(48)69-25-39-20-14-10-15-21-39)79-54-45(57-31(2)59)50(74-37(8)65)47(72-35(6)63)43(76-54)29-68-33(4)61/h9-23,41-55H,24-29H2,1-8H3,(H,56,58)(H,57,59). The Morgan fingerprint density at radius 3 is 1.13 bits per heavy atom. The fourth-order valence-corrected chi connectivity index (χ4v) is 9.16. The van der Waals surface area contributed by atoms with Crippen molar-refractivity contribution >= 4 is 47.6 Å². The highest BCUT2D eigenvalue weighted by atomic mass is 16.8. The SMILES string of the molecule is CC(=O)NC1C(OC2C(COCc3ccccc3)OC(OCc3ccccc3)C(OC3OC(COC(C)=O)C(OC(C)=O)C(OC(C)=O)C3NC(C)=O)C2OCc2ccccc2)OC(COC(C)=O)C(OC(C)=O)C1OC(C)=O. The molecular weight excluding hydrogens is 1040 g/mol. The molecule has 0 saturated carbocycles. The molecule has 3 saturated heterocycles. The van der Waals surface area contributed by atoms with E-state index in [-0.39, 0.29) is 26.4 Å². The van der Waals surface area contributed by atoms with Gasteiger partial charge in [0.2, 0.25) is 11.8 Å². The lowest BCUT2D eigenvalue weighted by atomic mass is 9.94. The van der Waals surface area contributed by atoms with Gasteiger partial charge in [0.15, 0.2) is 43.3 Å². The van der Waals surface area contributed by atoms with Crippen molar-refractivity contribution in [3.63, 3.8) is 0 Å². The quantitative estimate of drug-likeness (QED) is 0.0963. The van der Waals surface area contributed by atoms with Gasteiger partial charge in [-0.15, -0.1) is 0 Å². The van der Waals surface area contributed by atoms with Crippen molar-refractivity contribution in [2.24, 2.45) is 0 Å². The van der Waals surface area contributed by atoms with Gasteiger partial charge in [0.05, 0.1) is 26.4 Å². The zero-order valence-electron chi connectivity index (χ0n) is 45.0. The zero-order chi connectivity index (χ0) is 57.2. The van der Waals surface area contributed by atoms with E-state index in [4.69, 9.17) is 66.3 Å². The molecule has 0 aliphatic carbocycles. The maximum atomic E-state index is 13.2. The largest absolute Gasteiger partial charge is 0.463 e. The number of benzene rings is 3. The van der Waals surface area contributed by atoms with Crippen LogP contribution in [0.1, 0.15) is 72.1 Å². The van der Waals surface area contributed by atoms with Crippen molar-refractivity contribution in [1.29, 1.82) is 0 Å². The molecule has 2 N–H and O–H groups in total. The van der Waals surface area contributed by atoms with Crippen molar-refractivity contribution in [1.82, 2.24) is 10.6 Å². The number of hydrogen-bond acceptors (Lipinski definition) is 22. The Morgan fingerprint density at radius 1 is 0.380 bits per heavy atom. The van der Waals surface area contributed by atoms with E-state index >= 15 is 0 Å². The monoisotopic (exact) mass is 1110 g/mol. The summed E-state index contributed by atoms with van der Waals surface area (Å²) in [5.41, 5.74) is 2.14. The lowest BCUT2D eigenvalue weighted by Gasteiger charge is -2.51. The van der Waals surface area contributed by atoms with Gasteiger partial charge >= 0.3 is 35.8 Å². The van der Waals surface area contributed by atoms with Crippen molar-refractivity contribution in [3.8, 4) is 0 Å². The van der Waals surface area contributed by atoms with Crippen LogP contribution in [0, 0.1) is 0 Å². The lowest BCUT2D eigenvalue weighted by molar-refractivity contribution is -0.382. The highest BCUT2D eigenvalue weighted by Gasteiger charge is 2.58. The molecular formula is C55H68N2O22. The second-order valence-electron chi connectivity index (χ2n) is 18.7. The number of rotatable bonds is 24. The number of carbonyl (C=O) groups is 8. The van der Waals surface area contributed by atoms with E-state index in [1.165, 1.54) is 13.8 Å². The van der Waals surface area contributed by atoms with Crippen molar-refractivity contribution in [2.75, 3.05) is 19.8 Å². The highest BCUT2D eigenvalue weighted by molar-refractivity contribution is 5.74. The third kappa shape index (κ3) is 18.6. The summed E-state index contributed by atoms with van der Waals surface area (Å²) in [6.45, 7) is 7.45. The van der Waals surface area contributed by atoms with Gasteiger partial charge < -0.3 is 76.9 Å². The van der Waals surface area contributed by atoms with E-state index in [1.807, 2.05) is 36.4 Å². The second-order valence-corrected chi connectivity index (χ2v) is 18.7. The number of nitrogens with one attached hydrogen (secondary N) is 2. The maximum absolute atomic E-state index is 13.2. The van der Waals surface area contributed by atoms with Gasteiger partial charge in [-0.3, -0.25) is 38.4 Å². The first-order valence-corrected chi connectivity index (χ1v) is 25.5. The van der Waals surface area contributed by atoms with Crippen LogP contribution in [-0.2, 0) is 124 Å². The van der Waals surface area contributed by atoms with Gasteiger partial charge in [-0.05, 0) is 16.7 Å². The Kier molecular flexibility index (Phi) is 23.2. The minimum Gasteiger partial charge on any atom is -0.463 e. The van der Waals surface area contributed by atoms with Crippen molar-refractivity contribution < 1.29 is 105 Å². The average molecular weight is 1110 g/mol. The Hall–Kier alpha value is -6.90. The van der Waals surface area contributed by atoms with Crippen molar-refractivity contribution in [2.45, 2.75) is 167 Å². The summed E-state index contributed by atoms with van der Waals surface area (Å²) in [5, 5.41) is 5.44. The van der Waals surface area contributed by atoms with Crippen LogP contribution in [0.2, 0.25) is 0 Å². The Morgan fingerprint density at radius 2 is 0.734 bits per heavy atom. The summed E-state index contributed by atoms with van der Waals surface area (Å²) in [4.78, 5) is 102. The fourth-order valence-electron chi connectivity index (χ4n) is 9.16. The van der Waals surface area contributed by atoms with Crippen LogP contribution in [0.3, 0.4) is 0 Å². The van der Waals surface area contributed by atoms with Crippen LogP contribution < -0.4 is 10.6 Å². The summed E-state index contributed by atoms with van der Waals surface area (Å²) in [6.07, 6.45) is -19.6. The van der Waals surface area contributed by atoms with Crippen LogP contribution in [0.25, 0.3) is 0 Å². The Bertz CT molecular complexity index is 2500.